The number of carbonyl (C=O) groups is 1. The molecular weight excluding hydrogens is 394 g/mol. The Hall–Kier alpha value is -1.61. The predicted octanol–water partition coefficient (Wildman–Crippen LogP) is 3.61. The molecule has 10 heteroatoms. The molecule has 4 nitrogen and oxygen atoms in total. The fourth-order valence-corrected chi connectivity index (χ4v) is 3.06. The fourth-order valence-electron chi connectivity index (χ4n) is 2.60. The third-order valence-electron chi connectivity index (χ3n) is 4.07. The van der Waals surface area contributed by atoms with Gasteiger partial charge in [0.05, 0.1) is 0 Å². The van der Waals surface area contributed by atoms with Crippen LogP contribution in [-0.2, 0) is 4.79 Å². The van der Waals surface area contributed by atoms with E-state index in [0.717, 1.165) is 12.8 Å². The zero-order chi connectivity index (χ0) is 19.4. The van der Waals surface area contributed by atoms with E-state index >= 15 is 0 Å². The molecule has 0 bridgehead atoms. The van der Waals surface area contributed by atoms with Crippen molar-refractivity contribution in [2.45, 2.75) is 26.2 Å². The Bertz CT molecular complexity index is 682. The lowest BCUT2D eigenvalue weighted by molar-refractivity contribution is -0.119. The Morgan fingerprint density at radius 3 is 2.12 bits per heavy atom. The van der Waals surface area contributed by atoms with Crippen molar-refractivity contribution in [1.82, 2.24) is 10.2 Å². The molecule has 1 aromatic rings. The van der Waals surface area contributed by atoms with E-state index in [2.05, 4.69) is 5.32 Å². The second kappa shape index (κ2) is 8.85. The highest BCUT2D eigenvalue weighted by molar-refractivity contribution is 7.80. The summed E-state index contributed by atoms with van der Waals surface area (Å²) >= 11 is 10.4. The summed E-state index contributed by atoms with van der Waals surface area (Å²) in [6, 6.07) is 0. The lowest BCUT2D eigenvalue weighted by Gasteiger charge is -2.37. The number of rotatable bonds is 4. The first-order valence-electron chi connectivity index (χ1n) is 8.13. The molecule has 0 aliphatic carbocycles. The van der Waals surface area contributed by atoms with Gasteiger partial charge in [0.25, 0.3) is 0 Å². The van der Waals surface area contributed by atoms with Crippen LogP contribution in [0, 0.1) is 23.3 Å². The number of thiocarbonyl (C=S) groups is 1. The highest BCUT2D eigenvalue weighted by Crippen LogP contribution is 2.33. The number of hydrogen-bond acceptors (Lipinski definition) is 3. The first-order chi connectivity index (χ1) is 12.3. The largest absolute Gasteiger partial charge is 0.363 e. The van der Waals surface area contributed by atoms with E-state index in [1.807, 2.05) is 6.92 Å². The average Bonchev–Trinajstić information content (AvgIpc) is 2.63. The van der Waals surface area contributed by atoms with E-state index in [-0.39, 0.29) is 37.2 Å². The van der Waals surface area contributed by atoms with Crippen LogP contribution in [0.1, 0.15) is 26.2 Å². The molecule has 1 heterocycles. The first-order valence-corrected chi connectivity index (χ1v) is 8.91. The maximum Gasteiger partial charge on any atom is 0.226 e. The van der Waals surface area contributed by atoms with Crippen molar-refractivity contribution in [2.24, 2.45) is 0 Å². The quantitative estimate of drug-likeness (QED) is 0.355. The van der Waals surface area contributed by atoms with Crippen LogP contribution in [0.5, 0.6) is 0 Å². The van der Waals surface area contributed by atoms with Gasteiger partial charge >= 0.3 is 0 Å². The minimum Gasteiger partial charge on any atom is -0.363 e. The standard InChI is InChI=1S/C16H18ClF4N3OS/c1-2-3-4-9(25)22-16(26)24-7-5-23(6-8-24)15-13(20)11(18)10(17)12(19)14(15)21/h2-8H2,1H3,(H,22,25,26). The highest BCUT2D eigenvalue weighted by atomic mass is 35.5. The van der Waals surface area contributed by atoms with Crippen LogP contribution < -0.4 is 10.2 Å². The summed E-state index contributed by atoms with van der Waals surface area (Å²) in [7, 11) is 0. The Balaban J connectivity index is 2.03. The number of nitrogens with zero attached hydrogens (tertiary/aromatic N) is 2. The van der Waals surface area contributed by atoms with Crippen LogP contribution in [0.15, 0.2) is 0 Å². The van der Waals surface area contributed by atoms with Crippen molar-refractivity contribution in [3.8, 4) is 0 Å². The van der Waals surface area contributed by atoms with E-state index in [0.29, 0.717) is 6.42 Å². The van der Waals surface area contributed by atoms with Crippen LogP contribution in [-0.4, -0.2) is 42.1 Å². The molecule has 0 aromatic heterocycles. The third kappa shape index (κ3) is 4.37. The number of nitrogens with one attached hydrogen (secondary N) is 1. The average molecular weight is 412 g/mol. The van der Waals surface area contributed by atoms with Crippen molar-refractivity contribution in [3.05, 3.63) is 28.3 Å². The molecular formula is C16H18ClF4N3OS. The summed E-state index contributed by atoms with van der Waals surface area (Å²) in [6.07, 6.45) is 1.98. The lowest BCUT2D eigenvalue weighted by Crippen LogP contribution is -2.53. The molecule has 1 saturated heterocycles. The molecule has 0 radical (unpaired) electrons. The molecule has 1 aliphatic heterocycles. The number of piperazine rings is 1. The maximum absolute atomic E-state index is 14.0. The smallest absolute Gasteiger partial charge is 0.226 e. The van der Waals surface area contributed by atoms with Gasteiger partial charge in [-0.1, -0.05) is 24.9 Å². The predicted molar refractivity (Wildman–Crippen MR) is 95.3 cm³/mol. The van der Waals surface area contributed by atoms with Crippen molar-refractivity contribution in [2.75, 3.05) is 31.1 Å². The van der Waals surface area contributed by atoms with Gasteiger partial charge in [0.1, 0.15) is 10.7 Å². The van der Waals surface area contributed by atoms with Crippen LogP contribution in [0.3, 0.4) is 0 Å². The lowest BCUT2D eigenvalue weighted by atomic mass is 10.2. The molecule has 144 valence electrons. The number of unbranched alkanes of at least 4 members (excludes halogenated alkanes) is 1. The Morgan fingerprint density at radius 1 is 1.08 bits per heavy atom. The maximum atomic E-state index is 14.0. The Labute approximate surface area is 159 Å². The molecule has 2 rings (SSSR count). The number of carbonyl (C=O) groups excluding carboxylic acids is 1. The van der Waals surface area contributed by atoms with E-state index in [1.165, 1.54) is 4.90 Å². The second-order valence-electron chi connectivity index (χ2n) is 5.85. The Kier molecular flexibility index (Phi) is 7.05. The molecule has 0 atom stereocenters. The fraction of sp³-hybridized carbons (Fsp3) is 0.500. The summed E-state index contributed by atoms with van der Waals surface area (Å²) in [5.41, 5.74) is -0.790. The number of amides is 1. The second-order valence-corrected chi connectivity index (χ2v) is 6.61. The molecule has 0 spiro atoms. The topological polar surface area (TPSA) is 35.6 Å². The monoisotopic (exact) mass is 411 g/mol. The zero-order valence-electron chi connectivity index (χ0n) is 14.1. The summed E-state index contributed by atoms with van der Waals surface area (Å²) < 4.78 is 55.3. The molecule has 0 saturated carbocycles. The molecule has 1 aliphatic rings. The van der Waals surface area contributed by atoms with Gasteiger partial charge in [-0.3, -0.25) is 4.79 Å². The van der Waals surface area contributed by atoms with Gasteiger partial charge in [-0.25, -0.2) is 17.6 Å². The molecule has 26 heavy (non-hydrogen) atoms. The van der Waals surface area contributed by atoms with Crippen LogP contribution in [0.4, 0.5) is 23.2 Å². The normalized spacial score (nSPS) is 14.5. The molecule has 1 amide bonds. The van der Waals surface area contributed by atoms with Gasteiger partial charge in [0, 0.05) is 32.6 Å². The summed E-state index contributed by atoms with van der Waals surface area (Å²) in [5, 5.41) is 1.61. The zero-order valence-corrected chi connectivity index (χ0v) is 15.6. The van der Waals surface area contributed by atoms with E-state index in [4.69, 9.17) is 23.8 Å². The number of hydrogen-bond donors (Lipinski definition) is 1. The van der Waals surface area contributed by atoms with Gasteiger partial charge in [-0.15, -0.1) is 0 Å². The van der Waals surface area contributed by atoms with E-state index in [1.54, 1.807) is 4.90 Å². The van der Waals surface area contributed by atoms with Gasteiger partial charge < -0.3 is 15.1 Å². The van der Waals surface area contributed by atoms with Gasteiger partial charge in [0.2, 0.25) is 5.91 Å². The molecule has 1 aromatic carbocycles. The van der Waals surface area contributed by atoms with Crippen molar-refractivity contribution >= 4 is 40.5 Å². The van der Waals surface area contributed by atoms with Crippen LogP contribution in [0.2, 0.25) is 5.02 Å². The number of benzene rings is 1. The highest BCUT2D eigenvalue weighted by Gasteiger charge is 2.30. The molecule has 1 fully saturated rings. The summed E-state index contributed by atoms with van der Waals surface area (Å²) in [5.74, 6) is -6.50. The van der Waals surface area contributed by atoms with Crippen LogP contribution in [0.25, 0.3) is 0 Å². The first kappa shape index (κ1) is 20.7. The third-order valence-corrected chi connectivity index (χ3v) is 4.77. The number of halogens is 5. The summed E-state index contributed by atoms with van der Waals surface area (Å²) in [6.45, 7) is 2.57. The van der Waals surface area contributed by atoms with Gasteiger partial charge in [-0.05, 0) is 18.6 Å². The van der Waals surface area contributed by atoms with Crippen molar-refractivity contribution in [1.29, 1.82) is 0 Å². The van der Waals surface area contributed by atoms with Crippen molar-refractivity contribution in [3.63, 3.8) is 0 Å². The van der Waals surface area contributed by atoms with E-state index < -0.39 is 34.0 Å². The van der Waals surface area contributed by atoms with Gasteiger partial charge in [0.15, 0.2) is 28.4 Å². The minimum atomic E-state index is -1.62. The SMILES string of the molecule is CCCCC(=O)NC(=S)N1CCN(c2c(F)c(F)c(Cl)c(F)c2F)CC1. The minimum absolute atomic E-state index is 0.0688. The summed E-state index contributed by atoms with van der Waals surface area (Å²) in [4.78, 5) is 14.6. The van der Waals surface area contributed by atoms with E-state index in [9.17, 15) is 22.4 Å². The molecule has 0 unspecified atom stereocenters. The molecule has 1 N–H and O–H groups in total. The van der Waals surface area contributed by atoms with Gasteiger partial charge in [-0.2, -0.15) is 0 Å². The van der Waals surface area contributed by atoms with Crippen molar-refractivity contribution < 1.29 is 22.4 Å². The Morgan fingerprint density at radius 2 is 1.62 bits per heavy atom. The van der Waals surface area contributed by atoms with Crippen LogP contribution >= 0.6 is 23.8 Å². The number of anilines is 1.